The third-order valence-electron chi connectivity index (χ3n) is 4.43. The van der Waals surface area contributed by atoms with Gasteiger partial charge < -0.3 is 0 Å². The first-order valence-electron chi connectivity index (χ1n) is 7.31. The third kappa shape index (κ3) is 4.93. The van der Waals surface area contributed by atoms with Crippen molar-refractivity contribution in [1.82, 2.24) is 0 Å². The van der Waals surface area contributed by atoms with Gasteiger partial charge in [-0.15, -0.1) is 0 Å². The van der Waals surface area contributed by atoms with Gasteiger partial charge in [0.05, 0.1) is 0 Å². The van der Waals surface area contributed by atoms with Gasteiger partial charge in [-0.05, 0) is 17.8 Å². The van der Waals surface area contributed by atoms with E-state index < -0.39 is 0 Å². The molecule has 0 N–H and O–H groups in total. The van der Waals surface area contributed by atoms with Crippen LogP contribution in [0.1, 0.15) is 79.1 Å². The Bertz CT molecular complexity index is 200. The predicted molar refractivity (Wildman–Crippen MR) is 76.8 cm³/mol. The Labute approximate surface area is 104 Å². The van der Waals surface area contributed by atoms with Gasteiger partial charge in [0, 0.05) is 0 Å². The molecule has 2 atom stereocenters. The molecule has 2 unspecified atom stereocenters. The van der Waals surface area contributed by atoms with Crippen molar-refractivity contribution in [3.63, 3.8) is 0 Å². The molecule has 0 nitrogen and oxygen atoms in total. The molecule has 0 radical (unpaired) electrons. The summed E-state index contributed by atoms with van der Waals surface area (Å²) in [5.74, 6) is 0.917. The summed E-state index contributed by atoms with van der Waals surface area (Å²) >= 11 is 0. The smallest absolute Gasteiger partial charge is 0.0669 e. The Balaban J connectivity index is 2.65. The van der Waals surface area contributed by atoms with Gasteiger partial charge in [0.15, 0.2) is 0 Å². The molecule has 0 aromatic rings. The highest BCUT2D eigenvalue weighted by molar-refractivity contribution is 6.14. The quantitative estimate of drug-likeness (QED) is 0.525. The molecule has 94 valence electrons. The van der Waals surface area contributed by atoms with Gasteiger partial charge in [-0.2, -0.15) is 0 Å². The van der Waals surface area contributed by atoms with E-state index in [4.69, 9.17) is 0 Å². The monoisotopic (exact) mass is 222 g/mol. The summed E-state index contributed by atoms with van der Waals surface area (Å²) in [7, 11) is 2.48. The van der Waals surface area contributed by atoms with E-state index in [0.717, 1.165) is 5.92 Å². The van der Waals surface area contributed by atoms with Crippen LogP contribution in [0.3, 0.4) is 0 Å². The van der Waals surface area contributed by atoms with Gasteiger partial charge in [0.25, 0.3) is 0 Å². The minimum absolute atomic E-state index is 0.496. The Morgan fingerprint density at radius 2 is 1.56 bits per heavy atom. The van der Waals surface area contributed by atoms with Crippen LogP contribution in [0.25, 0.3) is 0 Å². The largest absolute Gasteiger partial charge is 0.109 e. The van der Waals surface area contributed by atoms with E-state index in [9.17, 15) is 0 Å². The van der Waals surface area contributed by atoms with Crippen molar-refractivity contribution in [1.29, 1.82) is 0 Å². The summed E-state index contributed by atoms with van der Waals surface area (Å²) in [6.45, 7) is 9.77. The van der Waals surface area contributed by atoms with Crippen molar-refractivity contribution in [3.05, 3.63) is 0 Å². The van der Waals surface area contributed by atoms with Gasteiger partial charge in [0.1, 0.15) is 7.85 Å². The van der Waals surface area contributed by atoms with E-state index in [1.165, 1.54) is 51.4 Å². The molecule has 1 heteroatoms. The molecule has 0 bridgehead atoms. The summed E-state index contributed by atoms with van der Waals surface area (Å²) in [6, 6.07) is 0. The lowest BCUT2D eigenvalue weighted by Gasteiger charge is -2.38. The Kier molecular flexibility index (Phi) is 4.95. The van der Waals surface area contributed by atoms with Crippen LogP contribution in [-0.4, -0.2) is 7.85 Å². The van der Waals surface area contributed by atoms with Crippen molar-refractivity contribution >= 4 is 7.85 Å². The molecule has 16 heavy (non-hydrogen) atoms. The van der Waals surface area contributed by atoms with Crippen LogP contribution in [0.4, 0.5) is 0 Å². The fraction of sp³-hybridized carbons (Fsp3) is 1.00. The first kappa shape index (κ1) is 14.1. The number of rotatable bonds is 0. The zero-order valence-electron chi connectivity index (χ0n) is 12.2. The highest BCUT2D eigenvalue weighted by atomic mass is 14.3. The molecular weight excluding hydrogens is 191 g/mol. The Morgan fingerprint density at radius 3 is 2.19 bits per heavy atom. The van der Waals surface area contributed by atoms with Crippen LogP contribution in [0.15, 0.2) is 0 Å². The van der Waals surface area contributed by atoms with Gasteiger partial charge >= 0.3 is 0 Å². The second-order valence-electron chi connectivity index (χ2n) is 7.74. The summed E-state index contributed by atoms with van der Waals surface area (Å²) in [5, 5.41) is 0.565. The maximum Gasteiger partial charge on any atom is 0.109 e. The van der Waals surface area contributed by atoms with Crippen molar-refractivity contribution < 1.29 is 0 Å². The first-order chi connectivity index (χ1) is 7.31. The molecule has 1 fully saturated rings. The van der Waals surface area contributed by atoms with Crippen LogP contribution in [0.5, 0.6) is 0 Å². The molecule has 0 amide bonds. The molecule has 1 aliphatic rings. The molecule has 0 saturated heterocycles. The SMILES string of the molecule is BC1(C)CCCCCCCC(C(C)(C)C)C1. The Hall–Kier alpha value is 0.0649. The fourth-order valence-electron chi connectivity index (χ4n) is 3.13. The van der Waals surface area contributed by atoms with Crippen LogP contribution >= 0.6 is 0 Å². The predicted octanol–water partition coefficient (Wildman–Crippen LogP) is 4.59. The lowest BCUT2D eigenvalue weighted by molar-refractivity contribution is 0.180. The van der Waals surface area contributed by atoms with Crippen molar-refractivity contribution in [3.8, 4) is 0 Å². The van der Waals surface area contributed by atoms with Crippen LogP contribution < -0.4 is 0 Å². The normalized spacial score (nSPS) is 34.6. The van der Waals surface area contributed by atoms with Crippen LogP contribution in [0.2, 0.25) is 5.31 Å². The second-order valence-corrected chi connectivity index (χ2v) is 7.74. The maximum absolute atomic E-state index is 2.48. The average molecular weight is 222 g/mol. The standard InChI is InChI=1S/C15H31B/c1-14(2,3)13-10-8-6-5-7-9-11-15(4,16)12-13/h13H,5-12,16H2,1-4H3. The van der Waals surface area contributed by atoms with E-state index in [1.54, 1.807) is 0 Å². The second kappa shape index (κ2) is 5.60. The summed E-state index contributed by atoms with van der Waals surface area (Å²) in [5.41, 5.74) is 0.496. The Morgan fingerprint density at radius 1 is 1.00 bits per heavy atom. The van der Waals surface area contributed by atoms with Crippen molar-refractivity contribution in [2.75, 3.05) is 0 Å². The summed E-state index contributed by atoms with van der Waals surface area (Å²) < 4.78 is 0. The van der Waals surface area contributed by atoms with E-state index in [1.807, 2.05) is 0 Å². The highest BCUT2D eigenvalue weighted by Crippen LogP contribution is 2.44. The number of hydrogen-bond acceptors (Lipinski definition) is 0. The molecule has 0 aromatic carbocycles. The molecular formula is C15H31B. The van der Waals surface area contributed by atoms with E-state index >= 15 is 0 Å². The maximum atomic E-state index is 2.48. The van der Waals surface area contributed by atoms with Crippen molar-refractivity contribution in [2.24, 2.45) is 11.3 Å². The molecule has 0 spiro atoms. The van der Waals surface area contributed by atoms with Gasteiger partial charge in [-0.25, -0.2) is 0 Å². The molecule has 0 aliphatic heterocycles. The number of hydrogen-bond donors (Lipinski definition) is 0. The zero-order valence-corrected chi connectivity index (χ0v) is 12.2. The van der Waals surface area contributed by atoms with Crippen LogP contribution in [-0.2, 0) is 0 Å². The average Bonchev–Trinajstić information content (AvgIpc) is 2.13. The van der Waals surface area contributed by atoms with E-state index in [2.05, 4.69) is 35.5 Å². The van der Waals surface area contributed by atoms with Gasteiger partial charge in [-0.1, -0.05) is 78.0 Å². The minimum Gasteiger partial charge on any atom is -0.0669 e. The van der Waals surface area contributed by atoms with Crippen LogP contribution in [0, 0.1) is 11.3 Å². The summed E-state index contributed by atoms with van der Waals surface area (Å²) in [4.78, 5) is 0. The molecule has 0 aromatic heterocycles. The molecule has 1 aliphatic carbocycles. The molecule has 1 rings (SSSR count). The fourth-order valence-corrected chi connectivity index (χ4v) is 3.13. The third-order valence-corrected chi connectivity index (χ3v) is 4.43. The first-order valence-corrected chi connectivity index (χ1v) is 7.31. The lowest BCUT2D eigenvalue weighted by Crippen LogP contribution is -2.26. The topological polar surface area (TPSA) is 0 Å². The molecule has 0 heterocycles. The van der Waals surface area contributed by atoms with E-state index in [-0.39, 0.29) is 0 Å². The zero-order chi connectivity index (χ0) is 12.2. The van der Waals surface area contributed by atoms with Gasteiger partial charge in [-0.3, -0.25) is 0 Å². The summed E-state index contributed by atoms with van der Waals surface area (Å²) in [6.07, 6.45) is 11.6. The highest BCUT2D eigenvalue weighted by Gasteiger charge is 2.30. The minimum atomic E-state index is 0.496. The van der Waals surface area contributed by atoms with E-state index in [0.29, 0.717) is 10.7 Å². The lowest BCUT2D eigenvalue weighted by atomic mass is 9.58. The van der Waals surface area contributed by atoms with Gasteiger partial charge in [0.2, 0.25) is 0 Å². The molecule has 1 saturated carbocycles. The van der Waals surface area contributed by atoms with Crippen molar-refractivity contribution in [2.45, 2.75) is 84.4 Å².